The molecule has 0 spiro atoms. The van der Waals surface area contributed by atoms with Crippen molar-refractivity contribution >= 4 is 17.9 Å². The van der Waals surface area contributed by atoms with Crippen LogP contribution in [0.4, 0.5) is 0 Å². The average Bonchev–Trinajstić information content (AvgIpc) is 3.12. The lowest BCUT2D eigenvalue weighted by Gasteiger charge is -2.31. The summed E-state index contributed by atoms with van der Waals surface area (Å²) >= 11 is 0. The largest absolute Gasteiger partial charge is 0.477 e. The van der Waals surface area contributed by atoms with Crippen LogP contribution in [0.5, 0.6) is 0 Å². The molecule has 0 rings (SSSR count). The van der Waals surface area contributed by atoms with E-state index in [4.69, 9.17) is 14.2 Å². The number of unbranched alkanes of at least 4 members (excludes halogenated alkanes) is 18. The Balaban J connectivity index is 4.41. The lowest BCUT2D eigenvalue weighted by molar-refractivity contribution is -0.887. The van der Waals surface area contributed by atoms with Crippen molar-refractivity contribution in [2.75, 3.05) is 41.0 Å². The summed E-state index contributed by atoms with van der Waals surface area (Å²) in [6, 6.07) is -0.620. The number of carbonyl (C=O) groups is 3. The number of esters is 2. The summed E-state index contributed by atoms with van der Waals surface area (Å²) in [7, 11) is 5.51. The number of carbonyl (C=O) groups excluding carboxylic acids is 2. The molecule has 0 aromatic rings. The summed E-state index contributed by atoms with van der Waals surface area (Å²) in [6.07, 6.45) is 42.9. The monoisotopic (exact) mass is 761 g/mol. The number of allylic oxidation sites excluding steroid dienone is 8. The number of aliphatic carboxylic acids is 1. The number of carboxylic acids is 1. The van der Waals surface area contributed by atoms with Crippen LogP contribution in [-0.4, -0.2) is 80.6 Å². The molecular weight excluding hydrogens is 679 g/mol. The molecule has 0 aromatic heterocycles. The van der Waals surface area contributed by atoms with Gasteiger partial charge in [0, 0.05) is 19.3 Å². The third-order valence-electron chi connectivity index (χ3n) is 9.51. The molecular formula is C46H82NO7+. The van der Waals surface area contributed by atoms with Crippen molar-refractivity contribution in [1.29, 1.82) is 0 Å². The molecule has 0 bridgehead atoms. The maximum Gasteiger partial charge on any atom is 0.362 e. The van der Waals surface area contributed by atoms with Crippen molar-refractivity contribution in [1.82, 2.24) is 0 Å². The third-order valence-corrected chi connectivity index (χ3v) is 9.51. The fourth-order valence-corrected chi connectivity index (χ4v) is 6.09. The molecule has 312 valence electrons. The van der Waals surface area contributed by atoms with E-state index in [9.17, 15) is 19.5 Å². The Hall–Kier alpha value is -2.71. The van der Waals surface area contributed by atoms with Crippen LogP contribution >= 0.6 is 0 Å². The Bertz CT molecular complexity index is 1030. The lowest BCUT2D eigenvalue weighted by atomic mass is 10.1. The van der Waals surface area contributed by atoms with Crippen LogP contribution in [0.3, 0.4) is 0 Å². The molecule has 0 amide bonds. The van der Waals surface area contributed by atoms with Gasteiger partial charge in [-0.3, -0.25) is 9.59 Å². The molecule has 0 aromatic carbocycles. The quantitative estimate of drug-likeness (QED) is 0.0220. The second-order valence-electron chi connectivity index (χ2n) is 15.7. The first-order valence-corrected chi connectivity index (χ1v) is 21.7. The van der Waals surface area contributed by atoms with E-state index in [1.807, 2.05) is 21.1 Å². The Labute approximate surface area is 331 Å². The topological polar surface area (TPSA) is 99.1 Å². The van der Waals surface area contributed by atoms with E-state index in [2.05, 4.69) is 62.5 Å². The number of rotatable bonds is 38. The van der Waals surface area contributed by atoms with Crippen molar-refractivity contribution in [3.8, 4) is 0 Å². The Morgan fingerprint density at radius 1 is 0.556 bits per heavy atom. The van der Waals surface area contributed by atoms with Gasteiger partial charge in [0.1, 0.15) is 6.61 Å². The first kappa shape index (κ1) is 51.3. The van der Waals surface area contributed by atoms with Crippen LogP contribution in [-0.2, 0) is 28.6 Å². The van der Waals surface area contributed by atoms with Gasteiger partial charge in [-0.25, -0.2) is 4.79 Å². The fourth-order valence-electron chi connectivity index (χ4n) is 6.09. The summed E-state index contributed by atoms with van der Waals surface area (Å²) in [5, 5.41) is 9.61. The van der Waals surface area contributed by atoms with Gasteiger partial charge in [-0.15, -0.1) is 0 Å². The summed E-state index contributed by atoms with van der Waals surface area (Å²) < 4.78 is 17.2. The minimum atomic E-state index is -0.881. The molecule has 54 heavy (non-hydrogen) atoms. The van der Waals surface area contributed by atoms with Gasteiger partial charge in [0.25, 0.3) is 0 Å². The molecule has 2 atom stereocenters. The van der Waals surface area contributed by atoms with Gasteiger partial charge < -0.3 is 23.8 Å². The Morgan fingerprint density at radius 3 is 1.52 bits per heavy atom. The summed E-state index contributed by atoms with van der Waals surface area (Å²) in [5.74, 6) is -1.51. The summed E-state index contributed by atoms with van der Waals surface area (Å²) in [4.78, 5) is 36.9. The van der Waals surface area contributed by atoms with Gasteiger partial charge in [0.05, 0.1) is 34.4 Å². The summed E-state index contributed by atoms with van der Waals surface area (Å²) in [5.41, 5.74) is 0. The third kappa shape index (κ3) is 35.0. The first-order chi connectivity index (χ1) is 26.1. The molecule has 2 unspecified atom stereocenters. The molecule has 0 aliphatic rings. The van der Waals surface area contributed by atoms with Gasteiger partial charge in [-0.05, 0) is 64.2 Å². The highest BCUT2D eigenvalue weighted by molar-refractivity contribution is 5.72. The fraction of sp³-hybridized carbons (Fsp3) is 0.761. The zero-order chi connectivity index (χ0) is 40.0. The Morgan fingerprint density at radius 2 is 1.00 bits per heavy atom. The molecule has 0 radical (unpaired) electrons. The number of hydrogen-bond acceptors (Lipinski definition) is 6. The maximum atomic E-state index is 12.7. The molecule has 8 heteroatoms. The Kier molecular flexibility index (Phi) is 35.4. The number of hydrogen-bond donors (Lipinski definition) is 1. The molecule has 1 N–H and O–H groups in total. The van der Waals surface area contributed by atoms with E-state index < -0.39 is 18.1 Å². The van der Waals surface area contributed by atoms with Crippen LogP contribution in [0.15, 0.2) is 48.6 Å². The zero-order valence-electron chi connectivity index (χ0n) is 35.4. The average molecular weight is 761 g/mol. The summed E-state index contributed by atoms with van der Waals surface area (Å²) in [6.45, 7) is 4.66. The van der Waals surface area contributed by atoms with Crippen LogP contribution in [0.1, 0.15) is 174 Å². The minimum absolute atomic E-state index is 0.0493. The van der Waals surface area contributed by atoms with Crippen LogP contribution in [0, 0.1) is 0 Å². The maximum absolute atomic E-state index is 12.7. The molecule has 0 heterocycles. The molecule has 0 aliphatic heterocycles. The van der Waals surface area contributed by atoms with E-state index >= 15 is 0 Å². The highest BCUT2D eigenvalue weighted by Crippen LogP contribution is 2.13. The van der Waals surface area contributed by atoms with Gasteiger partial charge in [-0.2, -0.15) is 0 Å². The van der Waals surface area contributed by atoms with E-state index in [1.54, 1.807) is 0 Å². The van der Waals surface area contributed by atoms with Gasteiger partial charge >= 0.3 is 17.9 Å². The van der Waals surface area contributed by atoms with Crippen molar-refractivity contribution in [2.24, 2.45) is 0 Å². The second-order valence-corrected chi connectivity index (χ2v) is 15.7. The predicted octanol–water partition coefficient (Wildman–Crippen LogP) is 11.6. The van der Waals surface area contributed by atoms with Gasteiger partial charge in [-0.1, -0.05) is 140 Å². The number of nitrogens with zero attached hydrogens (tertiary/aromatic N) is 1. The highest BCUT2D eigenvalue weighted by Gasteiger charge is 2.31. The zero-order valence-corrected chi connectivity index (χ0v) is 35.4. The molecule has 0 saturated heterocycles. The van der Waals surface area contributed by atoms with Crippen LogP contribution in [0.25, 0.3) is 0 Å². The van der Waals surface area contributed by atoms with Crippen molar-refractivity contribution < 1.29 is 38.2 Å². The van der Waals surface area contributed by atoms with E-state index in [-0.39, 0.29) is 36.2 Å². The SMILES string of the molecule is CCCCC/C=C/CCCCCCCC(=O)OCC(COCCC(C(=O)O)[N+](C)(C)C)OC(=O)CCCCCCC/C=C/C=C/C=C/CCCCCCC. The van der Waals surface area contributed by atoms with Crippen LogP contribution in [0.2, 0.25) is 0 Å². The standard InChI is InChI=1S/C46H81NO7/c1-6-8-10-12-14-16-18-20-21-22-23-24-25-27-29-31-33-35-37-45(49)54-42(40-52-39-38-43(46(50)51)47(3,4)5)41-53-44(48)36-34-32-30-28-26-19-17-15-13-11-9-7-2/h15,17-18,20-24,42-43H,6-14,16,19,25-41H2,1-5H3/p+1/b17-15+,20-18+,22-21+,24-23+. The van der Waals surface area contributed by atoms with Gasteiger partial charge in [0.15, 0.2) is 12.1 Å². The van der Waals surface area contributed by atoms with E-state index in [0.29, 0.717) is 19.3 Å². The highest BCUT2D eigenvalue weighted by atomic mass is 16.6. The lowest BCUT2D eigenvalue weighted by Crippen LogP contribution is -2.50. The van der Waals surface area contributed by atoms with Crippen molar-refractivity contribution in [2.45, 2.75) is 187 Å². The molecule has 0 saturated carbocycles. The second kappa shape index (κ2) is 37.2. The van der Waals surface area contributed by atoms with E-state index in [1.165, 1.54) is 64.2 Å². The molecule has 8 nitrogen and oxygen atoms in total. The van der Waals surface area contributed by atoms with Gasteiger partial charge in [0.2, 0.25) is 0 Å². The smallest absolute Gasteiger partial charge is 0.362 e. The number of carboxylic acid groups (broad SMARTS) is 1. The molecule has 0 fully saturated rings. The normalized spacial score (nSPS) is 13.4. The van der Waals surface area contributed by atoms with Crippen LogP contribution < -0.4 is 0 Å². The van der Waals surface area contributed by atoms with Crippen molar-refractivity contribution in [3.63, 3.8) is 0 Å². The molecule has 0 aliphatic carbocycles. The number of likely N-dealkylation sites (N-methyl/N-ethyl adjacent to an activating group) is 1. The minimum Gasteiger partial charge on any atom is -0.477 e. The van der Waals surface area contributed by atoms with Crippen molar-refractivity contribution in [3.05, 3.63) is 48.6 Å². The predicted molar refractivity (Wildman–Crippen MR) is 224 cm³/mol. The first-order valence-electron chi connectivity index (χ1n) is 21.7. The van der Waals surface area contributed by atoms with E-state index in [0.717, 1.165) is 77.0 Å². The number of ether oxygens (including phenoxy) is 3. The number of quaternary nitrogens is 1.